The van der Waals surface area contributed by atoms with Crippen LogP contribution in [0.15, 0.2) is 49.8 Å². The van der Waals surface area contributed by atoms with Gasteiger partial charge in [-0.15, -0.1) is 26.0 Å². The van der Waals surface area contributed by atoms with E-state index in [1.165, 1.54) is 10.2 Å². The summed E-state index contributed by atoms with van der Waals surface area (Å²) in [7, 11) is -3.31. The van der Waals surface area contributed by atoms with Crippen molar-refractivity contribution in [2.24, 2.45) is 0 Å². The number of piperazine rings is 1. The summed E-state index contributed by atoms with van der Waals surface area (Å²) in [6, 6.07) is 3.76. The lowest BCUT2D eigenvalue weighted by atomic mass is 10.2. The van der Waals surface area contributed by atoms with Gasteiger partial charge in [-0.2, -0.15) is 0 Å². The van der Waals surface area contributed by atoms with Gasteiger partial charge < -0.3 is 10.2 Å². The van der Waals surface area contributed by atoms with Crippen LogP contribution in [0.1, 0.15) is 20.3 Å². The van der Waals surface area contributed by atoms with Crippen LogP contribution in [0.5, 0.6) is 0 Å². The van der Waals surface area contributed by atoms with Crippen LogP contribution in [-0.4, -0.2) is 49.8 Å². The highest BCUT2D eigenvalue weighted by atomic mass is 32.2. The molecule has 0 spiro atoms. The zero-order valence-electron chi connectivity index (χ0n) is 17.1. The first kappa shape index (κ1) is 25.4. The Bertz CT molecular complexity index is 848. The molecule has 7 heteroatoms. The minimum Gasteiger partial charge on any atom is -0.368 e. The Hall–Kier alpha value is -2.56. The van der Waals surface area contributed by atoms with Gasteiger partial charge in [0.2, 0.25) is 10.0 Å². The fraction of sp³-hybridized carbons (Fsp3) is 0.381. The Kier molecular flexibility index (Phi) is 12.3. The second-order valence-electron chi connectivity index (χ2n) is 5.78. The number of hydrogen-bond acceptors (Lipinski definition) is 5. The van der Waals surface area contributed by atoms with Crippen molar-refractivity contribution in [2.75, 3.05) is 37.3 Å². The van der Waals surface area contributed by atoms with Crippen molar-refractivity contribution in [3.8, 4) is 12.8 Å². The molecule has 0 amide bonds. The fourth-order valence-corrected chi connectivity index (χ4v) is 3.19. The van der Waals surface area contributed by atoms with Gasteiger partial charge >= 0.3 is 0 Å². The van der Waals surface area contributed by atoms with E-state index in [2.05, 4.69) is 48.1 Å². The Morgan fingerprint density at radius 1 is 1.25 bits per heavy atom. The molecule has 3 rings (SSSR count). The first-order valence-electron chi connectivity index (χ1n) is 9.04. The number of pyridine rings is 1. The summed E-state index contributed by atoms with van der Waals surface area (Å²) >= 11 is 0. The van der Waals surface area contributed by atoms with Crippen molar-refractivity contribution >= 4 is 26.7 Å². The van der Waals surface area contributed by atoms with Crippen LogP contribution in [0.25, 0.3) is 11.0 Å². The summed E-state index contributed by atoms with van der Waals surface area (Å²) in [5.41, 5.74) is 1.55. The molecule has 0 radical (unpaired) electrons. The summed E-state index contributed by atoms with van der Waals surface area (Å²) < 4.78 is 24.6. The maximum atomic E-state index is 11.7. The SMILES string of the molecule is C#C.C=CC.C=CCC.CS(=O)(=O)n1ccc2c(N3CCNCC3)ccnc21. The van der Waals surface area contributed by atoms with Gasteiger partial charge in [-0.25, -0.2) is 17.4 Å². The van der Waals surface area contributed by atoms with E-state index in [0.717, 1.165) is 43.7 Å². The molecule has 0 bridgehead atoms. The summed E-state index contributed by atoms with van der Waals surface area (Å²) in [6.45, 7) is 14.5. The molecule has 1 aliphatic rings. The fourth-order valence-electron chi connectivity index (χ4n) is 2.45. The van der Waals surface area contributed by atoms with Crippen molar-refractivity contribution in [3.63, 3.8) is 0 Å². The van der Waals surface area contributed by atoms with E-state index in [9.17, 15) is 8.42 Å². The Morgan fingerprint density at radius 2 is 1.79 bits per heavy atom. The van der Waals surface area contributed by atoms with E-state index in [1.54, 1.807) is 18.5 Å². The molecule has 2 aromatic rings. The molecule has 0 unspecified atom stereocenters. The summed E-state index contributed by atoms with van der Waals surface area (Å²) in [5.74, 6) is 0. The van der Waals surface area contributed by atoms with Crippen LogP contribution in [0, 0.1) is 12.8 Å². The van der Waals surface area contributed by atoms with Gasteiger partial charge in [-0.3, -0.25) is 0 Å². The minimum absolute atomic E-state index is 0.499. The normalized spacial score (nSPS) is 13.0. The molecule has 0 aromatic carbocycles. The number of rotatable bonds is 3. The topological polar surface area (TPSA) is 67.2 Å². The third-order valence-corrected chi connectivity index (χ3v) is 4.64. The highest BCUT2D eigenvalue weighted by Gasteiger charge is 2.17. The van der Waals surface area contributed by atoms with Crippen LogP contribution in [0.3, 0.4) is 0 Å². The summed E-state index contributed by atoms with van der Waals surface area (Å²) in [4.78, 5) is 6.46. The number of anilines is 1. The second kappa shape index (κ2) is 13.6. The van der Waals surface area contributed by atoms with Crippen molar-refractivity contribution in [2.45, 2.75) is 20.3 Å². The van der Waals surface area contributed by atoms with Gasteiger partial charge in [0.15, 0.2) is 5.65 Å². The zero-order chi connectivity index (χ0) is 21.6. The van der Waals surface area contributed by atoms with E-state index in [0.29, 0.717) is 5.65 Å². The first-order chi connectivity index (χ1) is 13.4. The van der Waals surface area contributed by atoms with Crippen LogP contribution in [0.2, 0.25) is 0 Å². The molecule has 1 fully saturated rings. The van der Waals surface area contributed by atoms with Crippen LogP contribution >= 0.6 is 0 Å². The quantitative estimate of drug-likeness (QED) is 0.628. The number of hydrogen-bond donors (Lipinski definition) is 1. The van der Waals surface area contributed by atoms with Crippen LogP contribution in [-0.2, 0) is 10.0 Å². The van der Waals surface area contributed by atoms with Crippen molar-refractivity contribution in [3.05, 3.63) is 49.8 Å². The standard InChI is InChI=1S/C12H16N4O2S.C4H8.C3H6.C2H2/c1-19(17,18)16-7-3-10-11(2-4-14-12(10)16)15-8-5-13-6-9-15;1-3-4-2;1-3-2;1-2/h2-4,7,13H,5-6,8-9H2,1H3;3H,1,4H2,2H3;3H,1H2,2H3;1-2H. The maximum absolute atomic E-state index is 11.7. The molecule has 6 nitrogen and oxygen atoms in total. The van der Waals surface area contributed by atoms with Gasteiger partial charge in [0.1, 0.15) is 0 Å². The molecule has 3 heterocycles. The molecule has 1 saturated heterocycles. The number of aromatic nitrogens is 2. The van der Waals surface area contributed by atoms with E-state index in [1.807, 2.05) is 25.1 Å². The van der Waals surface area contributed by atoms with Crippen molar-refractivity contribution in [1.82, 2.24) is 14.3 Å². The molecule has 0 atom stereocenters. The molecule has 2 aromatic heterocycles. The predicted molar refractivity (Wildman–Crippen MR) is 121 cm³/mol. The number of allylic oxidation sites excluding steroid dienone is 2. The Balaban J connectivity index is 0.000000696. The van der Waals surface area contributed by atoms with E-state index in [-0.39, 0.29) is 0 Å². The predicted octanol–water partition coefficient (Wildman–Crippen LogP) is 3.28. The molecule has 28 heavy (non-hydrogen) atoms. The van der Waals surface area contributed by atoms with Gasteiger partial charge in [0, 0.05) is 49.6 Å². The molecule has 1 aliphatic heterocycles. The third-order valence-electron chi connectivity index (χ3n) is 3.64. The van der Waals surface area contributed by atoms with Crippen LogP contribution < -0.4 is 10.2 Å². The molecular formula is C21H32N4O2S. The van der Waals surface area contributed by atoms with E-state index in [4.69, 9.17) is 0 Å². The lowest BCUT2D eigenvalue weighted by Gasteiger charge is -2.29. The molecule has 0 aliphatic carbocycles. The van der Waals surface area contributed by atoms with Gasteiger partial charge in [0.05, 0.1) is 6.26 Å². The average Bonchev–Trinajstić information content (AvgIpc) is 3.16. The molecule has 1 N–H and O–H groups in total. The number of fused-ring (bicyclic) bond motifs is 1. The van der Waals surface area contributed by atoms with Crippen molar-refractivity contribution in [1.29, 1.82) is 0 Å². The maximum Gasteiger partial charge on any atom is 0.237 e. The smallest absolute Gasteiger partial charge is 0.237 e. The second-order valence-corrected chi connectivity index (χ2v) is 7.64. The van der Waals surface area contributed by atoms with Crippen LogP contribution in [0.4, 0.5) is 5.69 Å². The van der Waals surface area contributed by atoms with Gasteiger partial charge in [0.25, 0.3) is 0 Å². The zero-order valence-corrected chi connectivity index (χ0v) is 18.0. The average molecular weight is 405 g/mol. The Morgan fingerprint density at radius 3 is 2.25 bits per heavy atom. The summed E-state index contributed by atoms with van der Waals surface area (Å²) in [6.07, 6.45) is 17.1. The highest BCUT2D eigenvalue weighted by Crippen LogP contribution is 2.27. The van der Waals surface area contributed by atoms with Gasteiger partial charge in [-0.05, 0) is 25.5 Å². The van der Waals surface area contributed by atoms with Gasteiger partial charge in [-0.1, -0.05) is 19.1 Å². The molecular weight excluding hydrogens is 372 g/mol. The summed E-state index contributed by atoms with van der Waals surface area (Å²) in [5, 5.41) is 4.19. The monoisotopic (exact) mass is 404 g/mol. The minimum atomic E-state index is -3.31. The number of nitrogens with one attached hydrogen (secondary N) is 1. The number of nitrogens with zero attached hydrogens (tertiary/aromatic N) is 3. The number of terminal acetylenes is 1. The third kappa shape index (κ3) is 7.59. The van der Waals surface area contributed by atoms with Crippen molar-refractivity contribution < 1.29 is 8.42 Å². The largest absolute Gasteiger partial charge is 0.368 e. The lowest BCUT2D eigenvalue weighted by molar-refractivity contribution is 0.590. The molecule has 154 valence electrons. The first-order valence-corrected chi connectivity index (χ1v) is 10.9. The lowest BCUT2D eigenvalue weighted by Crippen LogP contribution is -2.43. The highest BCUT2D eigenvalue weighted by molar-refractivity contribution is 7.89. The van der Waals surface area contributed by atoms with E-state index >= 15 is 0 Å². The van der Waals surface area contributed by atoms with E-state index < -0.39 is 10.0 Å². The molecule has 0 saturated carbocycles. The Labute approximate surface area is 170 Å².